The van der Waals surface area contributed by atoms with Crippen LogP contribution in [0.15, 0.2) is 24.5 Å². The summed E-state index contributed by atoms with van der Waals surface area (Å²) in [6.07, 6.45) is 5.31. The second kappa shape index (κ2) is 5.08. The first-order valence-electron chi connectivity index (χ1n) is 6.72. The third-order valence-electron chi connectivity index (χ3n) is 3.92. The van der Waals surface area contributed by atoms with Crippen LogP contribution in [0.3, 0.4) is 0 Å². The highest BCUT2D eigenvalue weighted by atomic mass is 14.9. The fraction of sp³-hybridized carbons (Fsp3) is 0.500. The lowest BCUT2D eigenvalue weighted by atomic mass is 9.89. The quantitative estimate of drug-likeness (QED) is 0.773. The Labute approximate surface area is 107 Å². The molecule has 1 aromatic heterocycles. The molecule has 2 aromatic rings. The first kappa shape index (κ1) is 11.7. The number of nitrogens with two attached hydrogens (primary N) is 1. The van der Waals surface area contributed by atoms with E-state index in [-0.39, 0.29) is 6.04 Å². The maximum atomic E-state index is 6.33. The zero-order valence-corrected chi connectivity index (χ0v) is 10.5. The number of aromatic amines is 1. The van der Waals surface area contributed by atoms with Crippen molar-refractivity contribution in [2.45, 2.75) is 25.3 Å². The van der Waals surface area contributed by atoms with Gasteiger partial charge >= 0.3 is 0 Å². The number of rotatable bonds is 3. The summed E-state index contributed by atoms with van der Waals surface area (Å²) in [4.78, 5) is 7.37. The summed E-state index contributed by atoms with van der Waals surface area (Å²) in [7, 11) is 0. The third kappa shape index (κ3) is 2.40. The molecular formula is C14H20N4. The molecule has 0 aliphatic carbocycles. The fourth-order valence-corrected chi connectivity index (χ4v) is 2.80. The molecule has 0 spiro atoms. The lowest BCUT2D eigenvalue weighted by Crippen LogP contribution is -2.29. The fourth-order valence-electron chi connectivity index (χ4n) is 2.80. The topological polar surface area (TPSA) is 66.7 Å². The van der Waals surface area contributed by atoms with Crippen LogP contribution in [0.5, 0.6) is 0 Å². The van der Waals surface area contributed by atoms with Gasteiger partial charge in [0.05, 0.1) is 17.4 Å². The molecule has 0 amide bonds. The molecule has 1 atom stereocenters. The van der Waals surface area contributed by atoms with Gasteiger partial charge in [-0.2, -0.15) is 0 Å². The SMILES string of the molecule is NC(CC1CCNCC1)c1ccc2nc[nH]c2c1. The van der Waals surface area contributed by atoms with Gasteiger partial charge in [-0.25, -0.2) is 4.98 Å². The molecule has 0 bridgehead atoms. The van der Waals surface area contributed by atoms with E-state index in [1.165, 1.54) is 18.4 Å². The van der Waals surface area contributed by atoms with E-state index in [1.54, 1.807) is 6.33 Å². The number of imidazole rings is 1. The summed E-state index contributed by atoms with van der Waals surface area (Å²) < 4.78 is 0. The summed E-state index contributed by atoms with van der Waals surface area (Å²) in [5.41, 5.74) is 9.63. The minimum atomic E-state index is 0.140. The molecule has 4 nitrogen and oxygen atoms in total. The molecule has 96 valence electrons. The summed E-state index contributed by atoms with van der Waals surface area (Å²) in [6, 6.07) is 6.42. The van der Waals surface area contributed by atoms with E-state index in [0.717, 1.165) is 36.5 Å². The van der Waals surface area contributed by atoms with Gasteiger partial charge in [0, 0.05) is 6.04 Å². The molecule has 0 radical (unpaired) electrons. The van der Waals surface area contributed by atoms with Crippen LogP contribution in [-0.2, 0) is 0 Å². The van der Waals surface area contributed by atoms with Gasteiger partial charge in [-0.15, -0.1) is 0 Å². The van der Waals surface area contributed by atoms with Crippen LogP contribution in [0.25, 0.3) is 11.0 Å². The number of benzene rings is 1. The number of hydrogen-bond acceptors (Lipinski definition) is 3. The zero-order chi connectivity index (χ0) is 12.4. The Kier molecular flexibility index (Phi) is 3.30. The molecule has 1 unspecified atom stereocenters. The van der Waals surface area contributed by atoms with Crippen LogP contribution < -0.4 is 11.1 Å². The Balaban J connectivity index is 1.72. The smallest absolute Gasteiger partial charge is 0.0931 e. The van der Waals surface area contributed by atoms with Gasteiger partial charge in [-0.1, -0.05) is 6.07 Å². The highest BCUT2D eigenvalue weighted by Gasteiger charge is 2.17. The molecule has 1 aliphatic heterocycles. The minimum Gasteiger partial charge on any atom is -0.345 e. The first-order valence-corrected chi connectivity index (χ1v) is 6.72. The molecule has 3 rings (SSSR count). The Morgan fingerprint density at radius 1 is 1.33 bits per heavy atom. The average Bonchev–Trinajstić information content (AvgIpc) is 2.87. The minimum absolute atomic E-state index is 0.140. The van der Waals surface area contributed by atoms with Crippen molar-refractivity contribution in [3.8, 4) is 0 Å². The molecule has 4 heteroatoms. The van der Waals surface area contributed by atoms with Crippen LogP contribution in [0.1, 0.15) is 30.9 Å². The lowest BCUT2D eigenvalue weighted by Gasteiger charge is -2.25. The van der Waals surface area contributed by atoms with Crippen LogP contribution in [0, 0.1) is 5.92 Å². The Morgan fingerprint density at radius 3 is 3.00 bits per heavy atom. The van der Waals surface area contributed by atoms with E-state index in [2.05, 4.69) is 27.4 Å². The second-order valence-electron chi connectivity index (χ2n) is 5.21. The van der Waals surface area contributed by atoms with Crippen molar-refractivity contribution < 1.29 is 0 Å². The Morgan fingerprint density at radius 2 is 2.17 bits per heavy atom. The van der Waals surface area contributed by atoms with Crippen molar-refractivity contribution in [3.05, 3.63) is 30.1 Å². The zero-order valence-electron chi connectivity index (χ0n) is 10.5. The highest BCUT2D eigenvalue weighted by Crippen LogP contribution is 2.26. The summed E-state index contributed by atoms with van der Waals surface area (Å²) in [5, 5.41) is 3.39. The Hall–Kier alpha value is -1.39. The number of piperidine rings is 1. The molecular weight excluding hydrogens is 224 g/mol. The van der Waals surface area contributed by atoms with Gasteiger partial charge in [0.15, 0.2) is 0 Å². The number of fused-ring (bicyclic) bond motifs is 1. The van der Waals surface area contributed by atoms with E-state index < -0.39 is 0 Å². The number of nitrogens with one attached hydrogen (secondary N) is 2. The van der Waals surface area contributed by atoms with E-state index in [1.807, 2.05) is 6.07 Å². The Bertz CT molecular complexity index is 513. The van der Waals surface area contributed by atoms with Gasteiger partial charge < -0.3 is 16.0 Å². The van der Waals surface area contributed by atoms with Crippen molar-refractivity contribution in [1.82, 2.24) is 15.3 Å². The van der Waals surface area contributed by atoms with Gasteiger partial charge in [0.25, 0.3) is 0 Å². The largest absolute Gasteiger partial charge is 0.345 e. The first-order chi connectivity index (χ1) is 8.83. The van der Waals surface area contributed by atoms with Gasteiger partial charge in [0.2, 0.25) is 0 Å². The summed E-state index contributed by atoms with van der Waals surface area (Å²) >= 11 is 0. The number of nitrogens with zero attached hydrogens (tertiary/aromatic N) is 1. The van der Waals surface area contributed by atoms with Crippen LogP contribution in [0.2, 0.25) is 0 Å². The molecule has 0 saturated carbocycles. The van der Waals surface area contributed by atoms with Gasteiger partial charge in [-0.3, -0.25) is 0 Å². The maximum absolute atomic E-state index is 6.33. The van der Waals surface area contributed by atoms with Crippen LogP contribution in [-0.4, -0.2) is 23.1 Å². The molecule has 4 N–H and O–H groups in total. The van der Waals surface area contributed by atoms with E-state index >= 15 is 0 Å². The van der Waals surface area contributed by atoms with Crippen molar-refractivity contribution in [3.63, 3.8) is 0 Å². The van der Waals surface area contributed by atoms with Crippen molar-refractivity contribution in [2.24, 2.45) is 11.7 Å². The average molecular weight is 244 g/mol. The van der Waals surface area contributed by atoms with Crippen molar-refractivity contribution in [1.29, 1.82) is 0 Å². The molecule has 1 aromatic carbocycles. The highest BCUT2D eigenvalue weighted by molar-refractivity contribution is 5.75. The number of aromatic nitrogens is 2. The van der Waals surface area contributed by atoms with Crippen LogP contribution >= 0.6 is 0 Å². The summed E-state index contributed by atoms with van der Waals surface area (Å²) in [6.45, 7) is 2.27. The predicted molar refractivity (Wildman–Crippen MR) is 73.2 cm³/mol. The molecule has 1 saturated heterocycles. The summed E-state index contributed by atoms with van der Waals surface area (Å²) in [5.74, 6) is 0.763. The monoisotopic (exact) mass is 244 g/mol. The number of H-pyrrole nitrogens is 1. The van der Waals surface area contributed by atoms with E-state index in [0.29, 0.717) is 0 Å². The predicted octanol–water partition coefficient (Wildman–Crippen LogP) is 1.95. The van der Waals surface area contributed by atoms with Gasteiger partial charge in [0.1, 0.15) is 0 Å². The van der Waals surface area contributed by atoms with E-state index in [4.69, 9.17) is 5.73 Å². The number of hydrogen-bond donors (Lipinski definition) is 3. The standard InChI is InChI=1S/C14H20N4/c15-12(7-10-3-5-16-6-4-10)11-1-2-13-14(8-11)18-9-17-13/h1-2,8-10,12,16H,3-7,15H2,(H,17,18). The second-order valence-corrected chi connectivity index (χ2v) is 5.21. The maximum Gasteiger partial charge on any atom is 0.0931 e. The molecule has 1 aliphatic rings. The molecule has 18 heavy (non-hydrogen) atoms. The van der Waals surface area contributed by atoms with Crippen molar-refractivity contribution in [2.75, 3.05) is 13.1 Å². The van der Waals surface area contributed by atoms with Crippen LogP contribution in [0.4, 0.5) is 0 Å². The molecule has 1 fully saturated rings. The van der Waals surface area contributed by atoms with Crippen molar-refractivity contribution >= 4 is 11.0 Å². The lowest BCUT2D eigenvalue weighted by molar-refractivity contribution is 0.333. The van der Waals surface area contributed by atoms with Gasteiger partial charge in [-0.05, 0) is 56.0 Å². The van der Waals surface area contributed by atoms with E-state index in [9.17, 15) is 0 Å². The molecule has 2 heterocycles. The normalized spacial score (nSPS) is 19.2. The third-order valence-corrected chi connectivity index (χ3v) is 3.92.